The van der Waals surface area contributed by atoms with Crippen molar-refractivity contribution in [2.75, 3.05) is 39.2 Å². The summed E-state index contributed by atoms with van der Waals surface area (Å²) in [5, 5.41) is 10.8. The minimum absolute atomic E-state index is 0.0169. The quantitative estimate of drug-likeness (QED) is 0.128. The second-order valence-electron chi connectivity index (χ2n) is 18.2. The van der Waals surface area contributed by atoms with E-state index in [9.17, 15) is 14.2 Å². The molecule has 3 aromatic carbocycles. The number of rotatable bonds is 11. The van der Waals surface area contributed by atoms with E-state index in [-0.39, 0.29) is 17.6 Å². The number of aryl methyl sites for hydroxylation is 2. The number of benzene rings is 3. The van der Waals surface area contributed by atoms with E-state index in [2.05, 4.69) is 35.3 Å². The number of ether oxygens (including phenoxy) is 2. The van der Waals surface area contributed by atoms with Crippen LogP contribution < -0.4 is 21.5 Å². The molecule has 1 N–H and O–H groups in total. The number of nitrogens with one attached hydrogen (secondary N) is 1. The van der Waals surface area contributed by atoms with Crippen molar-refractivity contribution in [3.63, 3.8) is 0 Å². The van der Waals surface area contributed by atoms with Crippen LogP contribution in [0.1, 0.15) is 103 Å². The minimum atomic E-state index is -2.71. The number of carbonyl (C=O) groups excluding carboxylic acids is 1. The summed E-state index contributed by atoms with van der Waals surface area (Å²) in [5.74, 6) is 0.345. The molecule has 1 saturated heterocycles. The summed E-state index contributed by atoms with van der Waals surface area (Å²) in [6.45, 7) is 12.9. The van der Waals surface area contributed by atoms with Gasteiger partial charge in [-0.15, -0.1) is 0 Å². The first-order chi connectivity index (χ1) is 31.7. The molecule has 0 bridgehead atoms. The number of amides is 1. The van der Waals surface area contributed by atoms with Crippen LogP contribution in [0.5, 0.6) is 5.75 Å². The topological polar surface area (TPSA) is 164 Å². The van der Waals surface area contributed by atoms with E-state index in [1.807, 2.05) is 36.3 Å². The third-order valence-electron chi connectivity index (χ3n) is 14.5. The van der Waals surface area contributed by atoms with Crippen LogP contribution in [0.3, 0.4) is 0 Å². The van der Waals surface area contributed by atoms with Gasteiger partial charge in [-0.2, -0.15) is 5.10 Å². The fourth-order valence-corrected chi connectivity index (χ4v) is 12.7. The van der Waals surface area contributed by atoms with Crippen molar-refractivity contribution in [2.45, 2.75) is 84.7 Å². The zero-order valence-electron chi connectivity index (χ0n) is 38.3. The van der Waals surface area contributed by atoms with Gasteiger partial charge in [0.25, 0.3) is 5.91 Å². The molecule has 2 aliphatic heterocycles. The summed E-state index contributed by atoms with van der Waals surface area (Å²) in [5.41, 5.74) is 4.51. The maximum Gasteiger partial charge on any atom is 0.438 e. The number of H-pyrrole nitrogens is 1. The van der Waals surface area contributed by atoms with Crippen LogP contribution in [0.4, 0.5) is 4.39 Å². The summed E-state index contributed by atoms with van der Waals surface area (Å²) in [4.78, 5) is 47.4. The Balaban J connectivity index is 1.11. The zero-order valence-corrected chi connectivity index (χ0v) is 39.2. The van der Waals surface area contributed by atoms with E-state index >= 15 is 9.18 Å². The molecule has 17 heteroatoms. The summed E-state index contributed by atoms with van der Waals surface area (Å²) < 4.78 is 52.2. The standard InChI is InChI=1S/C49H54FN8O7P/c1-8-66(62,9-2)41-13-11-35(26-40(41)63-7)55-18-19-56(48(55)61)44-42-31(6)54(17-14-37(42)52-58(44)36-22-28(3)43(50)29(4)23-36)45(59)39-25-34-24-33(32-15-20-64-21-16-32)10-12-38(34)57(39)49(27-30(49)5)46-51-47(60)65-53-46/h10-13,18-19,22-26,30-32H,8-9,14-17,20-21,27H2,1-7H3,(H,51,53,60)/t30-,31-,49-/m0/s1. The Morgan fingerprint density at radius 3 is 2.33 bits per heavy atom. The molecule has 0 unspecified atom stereocenters. The van der Waals surface area contributed by atoms with Gasteiger partial charge < -0.3 is 23.5 Å². The van der Waals surface area contributed by atoms with Crippen LogP contribution in [-0.4, -0.2) is 83.6 Å². The molecule has 3 atom stereocenters. The Morgan fingerprint density at radius 2 is 1.68 bits per heavy atom. The number of carbonyl (C=O) groups is 1. The van der Waals surface area contributed by atoms with E-state index < -0.39 is 30.2 Å². The fraction of sp³-hybridized carbons (Fsp3) is 0.408. The predicted octanol–water partition coefficient (Wildman–Crippen LogP) is 7.67. The molecule has 0 radical (unpaired) electrons. The van der Waals surface area contributed by atoms with Crippen LogP contribution in [0, 0.1) is 25.6 Å². The SMILES string of the molecule is CCP(=O)(CC)c1ccc(-n2ccn(-c3c4c(nn3-c3cc(C)c(F)c(C)c3)CCN(C(=O)c3cc5cc(C6CCOCC6)ccc5n3[C@@]3(c5noc(=O)[nH]5)C[C@@H]3C)[C@H]4C)c2=O)cc1OC. The van der Waals surface area contributed by atoms with Gasteiger partial charge in [-0.1, -0.05) is 32.0 Å². The molecule has 3 aliphatic rings. The maximum atomic E-state index is 15.5. The van der Waals surface area contributed by atoms with Crippen LogP contribution in [-0.2, 0) is 21.3 Å². The summed E-state index contributed by atoms with van der Waals surface area (Å²) in [6.07, 6.45) is 7.11. The molecule has 66 heavy (non-hydrogen) atoms. The lowest BCUT2D eigenvalue weighted by molar-refractivity contribution is 0.0663. The lowest BCUT2D eigenvalue weighted by Gasteiger charge is -2.34. The predicted molar refractivity (Wildman–Crippen MR) is 249 cm³/mol. The third-order valence-corrected chi connectivity index (χ3v) is 17.8. The highest BCUT2D eigenvalue weighted by atomic mass is 31.2. The van der Waals surface area contributed by atoms with Gasteiger partial charge in [-0.25, -0.2) is 18.7 Å². The average molecular weight is 917 g/mol. The van der Waals surface area contributed by atoms with E-state index in [0.29, 0.717) is 113 Å². The second kappa shape index (κ2) is 16.3. The first kappa shape index (κ1) is 43.6. The number of fused-ring (bicyclic) bond motifs is 2. The third kappa shape index (κ3) is 6.77. The molecule has 0 spiro atoms. The number of imidazole rings is 1. The number of methoxy groups -OCH3 is 1. The Hall–Kier alpha value is -6.25. The van der Waals surface area contributed by atoms with Gasteiger partial charge in [0.2, 0.25) is 0 Å². The monoisotopic (exact) mass is 916 g/mol. The van der Waals surface area contributed by atoms with E-state index in [1.165, 1.54) is 21.8 Å². The molecule has 1 amide bonds. The van der Waals surface area contributed by atoms with Crippen LogP contribution in [0.15, 0.2) is 81.1 Å². The number of aromatic amines is 1. The normalized spacial score (nSPS) is 20.0. The van der Waals surface area contributed by atoms with Crippen molar-refractivity contribution >= 4 is 29.3 Å². The number of hydrogen-bond donors (Lipinski definition) is 1. The maximum absolute atomic E-state index is 15.5. The van der Waals surface area contributed by atoms with E-state index in [0.717, 1.165) is 23.7 Å². The van der Waals surface area contributed by atoms with Crippen LogP contribution in [0.25, 0.3) is 28.1 Å². The summed E-state index contributed by atoms with van der Waals surface area (Å²) in [6, 6.07) is 16.4. The molecule has 4 aromatic heterocycles. The first-order valence-corrected chi connectivity index (χ1v) is 24.9. The summed E-state index contributed by atoms with van der Waals surface area (Å²) in [7, 11) is -1.18. The zero-order chi connectivity index (χ0) is 46.4. The second-order valence-corrected chi connectivity index (χ2v) is 21.7. The molecular formula is C49H54FN8O7P. The van der Waals surface area contributed by atoms with Crippen LogP contribution >= 0.6 is 7.14 Å². The molecule has 344 valence electrons. The highest BCUT2D eigenvalue weighted by molar-refractivity contribution is 7.71. The molecule has 7 aromatic rings. The molecule has 1 aliphatic carbocycles. The summed E-state index contributed by atoms with van der Waals surface area (Å²) >= 11 is 0. The fourth-order valence-electron chi connectivity index (χ4n) is 10.7. The molecule has 6 heterocycles. The van der Waals surface area contributed by atoms with Gasteiger partial charge in [0, 0.05) is 73.4 Å². The smallest absolute Gasteiger partial charge is 0.438 e. The molecular weight excluding hydrogens is 863 g/mol. The van der Waals surface area contributed by atoms with Crippen molar-refractivity contribution in [3.8, 4) is 22.9 Å². The number of hydrogen-bond acceptors (Lipinski definition) is 9. The average Bonchev–Trinajstić information content (AvgIpc) is 3.82. The van der Waals surface area contributed by atoms with Gasteiger partial charge in [0.1, 0.15) is 35.8 Å². The number of nitrogens with zero attached hydrogens (tertiary/aromatic N) is 7. The van der Waals surface area contributed by atoms with Crippen molar-refractivity contribution < 1.29 is 27.7 Å². The van der Waals surface area contributed by atoms with Gasteiger partial charge in [0.05, 0.1) is 35.5 Å². The van der Waals surface area contributed by atoms with Gasteiger partial charge in [-0.3, -0.25) is 23.4 Å². The Kier molecular flexibility index (Phi) is 10.8. The Bertz CT molecular complexity index is 3210. The molecule has 15 nitrogen and oxygen atoms in total. The Labute approximate surface area is 380 Å². The number of aromatic nitrogens is 7. The molecule has 2 fully saturated rings. The highest BCUT2D eigenvalue weighted by Crippen LogP contribution is 2.56. The van der Waals surface area contributed by atoms with Crippen molar-refractivity contribution in [1.82, 2.24) is 38.5 Å². The molecule has 1 saturated carbocycles. The largest absolute Gasteiger partial charge is 0.496 e. The van der Waals surface area contributed by atoms with E-state index in [1.54, 1.807) is 61.3 Å². The first-order valence-electron chi connectivity index (χ1n) is 22.8. The number of halogens is 1. The van der Waals surface area contributed by atoms with Crippen molar-refractivity contribution in [3.05, 3.63) is 133 Å². The lowest BCUT2D eigenvalue weighted by atomic mass is 9.91. The van der Waals surface area contributed by atoms with Crippen molar-refractivity contribution in [1.29, 1.82) is 0 Å². The lowest BCUT2D eigenvalue weighted by Crippen LogP contribution is -2.41. The van der Waals surface area contributed by atoms with Gasteiger partial charge in [0.15, 0.2) is 5.82 Å². The van der Waals surface area contributed by atoms with Crippen molar-refractivity contribution in [2.24, 2.45) is 5.92 Å². The van der Waals surface area contributed by atoms with Gasteiger partial charge in [-0.05, 0) is 111 Å². The van der Waals surface area contributed by atoms with E-state index in [4.69, 9.17) is 19.1 Å². The minimum Gasteiger partial charge on any atom is -0.496 e. The Morgan fingerprint density at radius 1 is 0.970 bits per heavy atom. The molecule has 10 rings (SSSR count). The van der Waals surface area contributed by atoms with Crippen LogP contribution in [0.2, 0.25) is 0 Å². The highest BCUT2D eigenvalue weighted by Gasteiger charge is 2.59. The van der Waals surface area contributed by atoms with Gasteiger partial charge >= 0.3 is 11.4 Å².